The second kappa shape index (κ2) is 5.19. The number of hydrogen-bond donors (Lipinski definition) is 2. The summed E-state index contributed by atoms with van der Waals surface area (Å²) < 4.78 is 0. The van der Waals surface area contributed by atoms with Gasteiger partial charge in [-0.2, -0.15) is 0 Å². The van der Waals surface area contributed by atoms with Gasteiger partial charge in [0.25, 0.3) is 0 Å². The molecule has 0 saturated heterocycles. The number of nitrogens with zero attached hydrogens (tertiary/aromatic N) is 1. The van der Waals surface area contributed by atoms with Crippen molar-refractivity contribution in [1.29, 1.82) is 0 Å². The van der Waals surface area contributed by atoms with Gasteiger partial charge in [-0.25, -0.2) is 4.98 Å². The summed E-state index contributed by atoms with van der Waals surface area (Å²) in [5.41, 5.74) is 5.63. The van der Waals surface area contributed by atoms with Crippen LogP contribution in [0.1, 0.15) is 32.6 Å². The van der Waals surface area contributed by atoms with E-state index in [1.807, 2.05) is 18.2 Å². The lowest BCUT2D eigenvalue weighted by Gasteiger charge is -2.26. The Morgan fingerprint density at radius 2 is 2.06 bits per heavy atom. The molecule has 1 heterocycles. The molecule has 3 nitrogen and oxygen atoms in total. The van der Waals surface area contributed by atoms with Crippen LogP contribution in [0.2, 0.25) is 0 Å². The van der Waals surface area contributed by atoms with Gasteiger partial charge in [-0.15, -0.1) is 0 Å². The Kier molecular flexibility index (Phi) is 3.65. The van der Waals surface area contributed by atoms with E-state index in [0.717, 1.165) is 24.2 Å². The molecule has 0 aromatic carbocycles. The Hall–Kier alpha value is -1.25. The molecule has 88 valence electrons. The molecule has 0 aliphatic heterocycles. The summed E-state index contributed by atoms with van der Waals surface area (Å²) in [5.74, 6) is 3.21. The van der Waals surface area contributed by atoms with Crippen LogP contribution in [-0.2, 0) is 0 Å². The van der Waals surface area contributed by atoms with Gasteiger partial charge in [0.05, 0.1) is 0 Å². The van der Waals surface area contributed by atoms with E-state index in [1.54, 1.807) is 0 Å². The minimum atomic E-state index is 0.585. The van der Waals surface area contributed by atoms with Crippen molar-refractivity contribution in [3.05, 3.63) is 18.2 Å². The smallest absolute Gasteiger partial charge is 0.128 e. The molecule has 3 N–H and O–H groups in total. The molecule has 0 atom stereocenters. The van der Waals surface area contributed by atoms with E-state index in [-0.39, 0.29) is 0 Å². The van der Waals surface area contributed by atoms with Gasteiger partial charge in [-0.05, 0) is 36.8 Å². The highest BCUT2D eigenvalue weighted by molar-refractivity contribution is 5.42. The summed E-state index contributed by atoms with van der Waals surface area (Å²) in [4.78, 5) is 4.24. The molecule has 1 aliphatic carbocycles. The summed E-state index contributed by atoms with van der Waals surface area (Å²) in [7, 11) is 0. The van der Waals surface area contributed by atoms with Crippen LogP contribution in [0.5, 0.6) is 0 Å². The Labute approximate surface area is 97.5 Å². The Balaban J connectivity index is 1.79. The molecule has 0 spiro atoms. The summed E-state index contributed by atoms with van der Waals surface area (Å²) >= 11 is 0. The molecule has 0 amide bonds. The zero-order valence-corrected chi connectivity index (χ0v) is 9.95. The number of anilines is 2. The number of nitrogens with one attached hydrogen (secondary N) is 1. The van der Waals surface area contributed by atoms with Crippen LogP contribution in [0.4, 0.5) is 11.6 Å². The number of pyridine rings is 1. The van der Waals surface area contributed by atoms with Crippen molar-refractivity contribution in [2.45, 2.75) is 32.6 Å². The molecule has 16 heavy (non-hydrogen) atoms. The van der Waals surface area contributed by atoms with Gasteiger partial charge < -0.3 is 11.1 Å². The molecule has 0 radical (unpaired) electrons. The van der Waals surface area contributed by atoms with Gasteiger partial charge in [0.1, 0.15) is 11.6 Å². The fourth-order valence-electron chi connectivity index (χ4n) is 2.33. The Morgan fingerprint density at radius 1 is 1.31 bits per heavy atom. The standard InChI is InChI=1S/C13H21N3/c1-10-5-7-11(8-6-10)9-15-13-4-2-3-12(14)16-13/h2-4,10-11H,5-9H2,1H3,(H3,14,15,16). The second-order valence-electron chi connectivity index (χ2n) is 4.95. The van der Waals surface area contributed by atoms with Gasteiger partial charge >= 0.3 is 0 Å². The van der Waals surface area contributed by atoms with Gasteiger partial charge in [0, 0.05) is 6.54 Å². The van der Waals surface area contributed by atoms with E-state index >= 15 is 0 Å². The van der Waals surface area contributed by atoms with E-state index in [0.29, 0.717) is 5.82 Å². The number of rotatable bonds is 3. The summed E-state index contributed by atoms with van der Waals surface area (Å²) in [6.45, 7) is 3.38. The second-order valence-corrected chi connectivity index (χ2v) is 4.95. The topological polar surface area (TPSA) is 50.9 Å². The molecule has 1 fully saturated rings. The fourth-order valence-corrected chi connectivity index (χ4v) is 2.33. The molecule has 0 bridgehead atoms. The maximum atomic E-state index is 5.63. The Morgan fingerprint density at radius 3 is 2.75 bits per heavy atom. The van der Waals surface area contributed by atoms with Gasteiger partial charge in [-0.1, -0.05) is 25.8 Å². The van der Waals surface area contributed by atoms with E-state index in [2.05, 4.69) is 17.2 Å². The monoisotopic (exact) mass is 219 g/mol. The van der Waals surface area contributed by atoms with Crippen LogP contribution in [0.25, 0.3) is 0 Å². The lowest BCUT2D eigenvalue weighted by molar-refractivity contribution is 0.300. The highest BCUT2D eigenvalue weighted by Gasteiger charge is 2.17. The first-order valence-electron chi connectivity index (χ1n) is 6.20. The normalized spacial score (nSPS) is 25.3. The maximum Gasteiger partial charge on any atom is 0.128 e. The lowest BCUT2D eigenvalue weighted by Crippen LogP contribution is -2.20. The molecule has 2 rings (SSSR count). The lowest BCUT2D eigenvalue weighted by atomic mass is 9.83. The van der Waals surface area contributed by atoms with Crippen LogP contribution in [-0.4, -0.2) is 11.5 Å². The van der Waals surface area contributed by atoms with Crippen LogP contribution >= 0.6 is 0 Å². The van der Waals surface area contributed by atoms with Crippen molar-refractivity contribution < 1.29 is 0 Å². The van der Waals surface area contributed by atoms with Crippen LogP contribution in [0.15, 0.2) is 18.2 Å². The minimum absolute atomic E-state index is 0.585. The first kappa shape index (κ1) is 11.2. The molecule has 3 heteroatoms. The predicted octanol–water partition coefficient (Wildman–Crippen LogP) is 2.90. The first-order valence-corrected chi connectivity index (χ1v) is 6.20. The molecule has 1 aromatic rings. The van der Waals surface area contributed by atoms with Crippen molar-refractivity contribution in [2.75, 3.05) is 17.6 Å². The predicted molar refractivity (Wildman–Crippen MR) is 68.3 cm³/mol. The molecular weight excluding hydrogens is 198 g/mol. The van der Waals surface area contributed by atoms with Crippen molar-refractivity contribution in [3.8, 4) is 0 Å². The third-order valence-corrected chi connectivity index (χ3v) is 3.48. The molecule has 1 aliphatic rings. The third kappa shape index (κ3) is 3.12. The summed E-state index contributed by atoms with van der Waals surface area (Å²) in [6, 6.07) is 5.73. The average Bonchev–Trinajstić information content (AvgIpc) is 2.28. The summed E-state index contributed by atoms with van der Waals surface area (Å²) in [6.07, 6.45) is 5.43. The van der Waals surface area contributed by atoms with Crippen LogP contribution < -0.4 is 11.1 Å². The zero-order valence-electron chi connectivity index (χ0n) is 9.95. The van der Waals surface area contributed by atoms with Gasteiger partial charge in [0.15, 0.2) is 0 Å². The average molecular weight is 219 g/mol. The van der Waals surface area contributed by atoms with Crippen LogP contribution in [0.3, 0.4) is 0 Å². The fraction of sp³-hybridized carbons (Fsp3) is 0.615. The minimum Gasteiger partial charge on any atom is -0.384 e. The SMILES string of the molecule is CC1CCC(CNc2cccc(N)n2)CC1. The quantitative estimate of drug-likeness (QED) is 0.821. The van der Waals surface area contributed by atoms with E-state index in [1.165, 1.54) is 25.7 Å². The molecule has 1 aromatic heterocycles. The number of hydrogen-bond acceptors (Lipinski definition) is 3. The van der Waals surface area contributed by atoms with E-state index in [4.69, 9.17) is 5.73 Å². The highest BCUT2D eigenvalue weighted by Crippen LogP contribution is 2.28. The van der Waals surface area contributed by atoms with E-state index < -0.39 is 0 Å². The van der Waals surface area contributed by atoms with Crippen LogP contribution in [0, 0.1) is 11.8 Å². The van der Waals surface area contributed by atoms with Crippen molar-refractivity contribution in [2.24, 2.45) is 11.8 Å². The molecule has 0 unspecified atom stereocenters. The number of nitrogens with two attached hydrogens (primary N) is 1. The van der Waals surface area contributed by atoms with Crippen molar-refractivity contribution >= 4 is 11.6 Å². The van der Waals surface area contributed by atoms with Gasteiger partial charge in [-0.3, -0.25) is 0 Å². The largest absolute Gasteiger partial charge is 0.384 e. The Bertz CT molecular complexity index is 330. The third-order valence-electron chi connectivity index (χ3n) is 3.48. The molecular formula is C13H21N3. The molecule has 1 saturated carbocycles. The van der Waals surface area contributed by atoms with Crippen molar-refractivity contribution in [3.63, 3.8) is 0 Å². The summed E-state index contributed by atoms with van der Waals surface area (Å²) in [5, 5.41) is 3.38. The van der Waals surface area contributed by atoms with E-state index in [9.17, 15) is 0 Å². The maximum absolute atomic E-state index is 5.63. The van der Waals surface area contributed by atoms with Crippen molar-refractivity contribution in [1.82, 2.24) is 4.98 Å². The zero-order chi connectivity index (χ0) is 11.4. The highest BCUT2D eigenvalue weighted by atomic mass is 15.0. The van der Waals surface area contributed by atoms with Gasteiger partial charge in [0.2, 0.25) is 0 Å². The number of nitrogen functional groups attached to an aromatic ring is 1. The first-order chi connectivity index (χ1) is 7.74. The number of aromatic nitrogens is 1.